The fourth-order valence-electron chi connectivity index (χ4n) is 1.71. The first-order valence-corrected chi connectivity index (χ1v) is 8.63. The SMILES string of the molecule is C[C@@H]1C[C@@H](O)c2cc(S(N)(=O)=O)sc2S1(=O)=O. The van der Waals surface area contributed by atoms with E-state index in [-0.39, 0.29) is 20.4 Å². The second-order valence-corrected chi connectivity index (χ2v) is 9.36. The minimum atomic E-state index is -3.95. The van der Waals surface area contributed by atoms with Gasteiger partial charge in [-0.1, -0.05) is 0 Å². The van der Waals surface area contributed by atoms with E-state index >= 15 is 0 Å². The third-order valence-electron chi connectivity index (χ3n) is 2.69. The molecule has 1 aromatic heterocycles. The van der Waals surface area contributed by atoms with E-state index in [1.807, 2.05) is 0 Å². The van der Waals surface area contributed by atoms with Crippen LogP contribution in [-0.4, -0.2) is 27.2 Å². The summed E-state index contributed by atoms with van der Waals surface area (Å²) in [5.41, 5.74) is 0.136. The molecule has 17 heavy (non-hydrogen) atoms. The molecular weight excluding hydrogens is 286 g/mol. The van der Waals surface area contributed by atoms with Crippen molar-refractivity contribution < 1.29 is 21.9 Å². The lowest BCUT2D eigenvalue weighted by Gasteiger charge is -2.23. The molecule has 1 aliphatic heterocycles. The number of primary sulfonamides is 1. The summed E-state index contributed by atoms with van der Waals surface area (Å²) in [4.78, 5) is 0. The summed E-state index contributed by atoms with van der Waals surface area (Å²) in [6.45, 7) is 1.48. The maximum atomic E-state index is 12.0. The van der Waals surface area contributed by atoms with Gasteiger partial charge in [-0.3, -0.25) is 0 Å². The number of sulfone groups is 1. The highest BCUT2D eigenvalue weighted by molar-refractivity contribution is 7.95. The highest BCUT2D eigenvalue weighted by Crippen LogP contribution is 2.42. The first-order valence-electron chi connectivity index (χ1n) is 4.72. The van der Waals surface area contributed by atoms with Crippen LogP contribution in [0.4, 0.5) is 0 Å². The molecule has 0 saturated heterocycles. The summed E-state index contributed by atoms with van der Waals surface area (Å²) in [6.07, 6.45) is -0.897. The Kier molecular flexibility index (Phi) is 2.86. The van der Waals surface area contributed by atoms with E-state index in [2.05, 4.69) is 0 Å². The number of aliphatic hydroxyl groups is 1. The van der Waals surface area contributed by atoms with Gasteiger partial charge in [-0.25, -0.2) is 22.0 Å². The summed E-state index contributed by atoms with van der Waals surface area (Å²) in [6, 6.07) is 1.14. The van der Waals surface area contributed by atoms with Crippen LogP contribution in [0.2, 0.25) is 0 Å². The van der Waals surface area contributed by atoms with Crippen molar-refractivity contribution in [2.24, 2.45) is 5.14 Å². The lowest BCUT2D eigenvalue weighted by atomic mass is 10.1. The maximum Gasteiger partial charge on any atom is 0.247 e. The molecule has 1 aromatic rings. The van der Waals surface area contributed by atoms with Crippen LogP contribution in [0.3, 0.4) is 0 Å². The summed E-state index contributed by atoms with van der Waals surface area (Å²) in [5.74, 6) is 0. The first kappa shape index (κ1) is 13.0. The van der Waals surface area contributed by atoms with Gasteiger partial charge in [0, 0.05) is 5.56 Å². The molecule has 0 radical (unpaired) electrons. The molecule has 0 aliphatic carbocycles. The van der Waals surface area contributed by atoms with Gasteiger partial charge in [0.15, 0.2) is 9.84 Å². The Morgan fingerprint density at radius 1 is 1.53 bits per heavy atom. The molecule has 0 aromatic carbocycles. The Morgan fingerprint density at radius 2 is 2.12 bits per heavy atom. The molecule has 0 fully saturated rings. The fraction of sp³-hybridized carbons (Fsp3) is 0.500. The molecule has 3 N–H and O–H groups in total. The van der Waals surface area contributed by atoms with Crippen LogP contribution in [-0.2, 0) is 19.9 Å². The van der Waals surface area contributed by atoms with E-state index in [0.717, 1.165) is 6.07 Å². The number of thiophene rings is 1. The molecule has 9 heteroatoms. The zero-order valence-electron chi connectivity index (χ0n) is 8.82. The van der Waals surface area contributed by atoms with Gasteiger partial charge >= 0.3 is 0 Å². The van der Waals surface area contributed by atoms with Gasteiger partial charge in [0.2, 0.25) is 10.0 Å². The second kappa shape index (κ2) is 3.75. The summed E-state index contributed by atoms with van der Waals surface area (Å²) in [7, 11) is -7.50. The monoisotopic (exact) mass is 297 g/mol. The van der Waals surface area contributed by atoms with E-state index in [4.69, 9.17) is 5.14 Å². The van der Waals surface area contributed by atoms with Crippen molar-refractivity contribution in [1.29, 1.82) is 0 Å². The number of aliphatic hydroxyl groups excluding tert-OH is 1. The Hall–Kier alpha value is -0.480. The molecule has 1 aliphatic rings. The largest absolute Gasteiger partial charge is 0.388 e. The molecular formula is C8H11NO5S3. The fourth-order valence-corrected chi connectivity index (χ4v) is 6.11. The number of rotatable bonds is 1. The predicted octanol–water partition coefficient (Wildman–Crippen LogP) is -0.00520. The molecule has 2 rings (SSSR count). The second-order valence-electron chi connectivity index (χ2n) is 3.96. The van der Waals surface area contributed by atoms with E-state index in [9.17, 15) is 21.9 Å². The average Bonchev–Trinajstić information content (AvgIpc) is 2.59. The van der Waals surface area contributed by atoms with Crippen molar-refractivity contribution in [2.45, 2.75) is 33.1 Å². The van der Waals surface area contributed by atoms with Crippen LogP contribution >= 0.6 is 11.3 Å². The van der Waals surface area contributed by atoms with Crippen molar-refractivity contribution in [2.75, 3.05) is 0 Å². The molecule has 0 amide bonds. The van der Waals surface area contributed by atoms with Gasteiger partial charge in [0.25, 0.3) is 0 Å². The molecule has 96 valence electrons. The highest BCUT2D eigenvalue weighted by Gasteiger charge is 2.38. The first-order chi connectivity index (χ1) is 7.64. The van der Waals surface area contributed by atoms with Crippen LogP contribution in [0.25, 0.3) is 0 Å². The minimum absolute atomic E-state index is 0.0656. The van der Waals surface area contributed by atoms with Crippen LogP contribution < -0.4 is 5.14 Å². The summed E-state index contributed by atoms with van der Waals surface area (Å²) < 4.78 is 45.9. The third kappa shape index (κ3) is 2.02. The molecule has 0 bridgehead atoms. The van der Waals surface area contributed by atoms with Crippen molar-refractivity contribution >= 4 is 31.2 Å². The van der Waals surface area contributed by atoms with E-state index in [1.165, 1.54) is 6.92 Å². The van der Waals surface area contributed by atoms with Crippen LogP contribution in [0, 0.1) is 0 Å². The smallest absolute Gasteiger partial charge is 0.247 e. The minimum Gasteiger partial charge on any atom is -0.388 e. The Labute approximate surface area is 103 Å². The molecule has 0 spiro atoms. The van der Waals surface area contributed by atoms with Crippen LogP contribution in [0.5, 0.6) is 0 Å². The van der Waals surface area contributed by atoms with E-state index < -0.39 is 31.2 Å². The zero-order chi connectivity index (χ0) is 13.0. The topological polar surface area (TPSA) is 115 Å². The lowest BCUT2D eigenvalue weighted by molar-refractivity contribution is 0.161. The standard InChI is InChI=1S/C8H11NO5S3/c1-4-2-6(10)5-3-7(17(9,13)14)15-8(5)16(4,11)12/h3-4,6,10H,2H2,1H3,(H2,9,13,14)/t4-,6-/m1/s1. The van der Waals surface area contributed by atoms with Gasteiger partial charge < -0.3 is 5.11 Å². The molecule has 0 unspecified atom stereocenters. The van der Waals surface area contributed by atoms with Crippen LogP contribution in [0.1, 0.15) is 25.0 Å². The molecule has 6 nitrogen and oxygen atoms in total. The quantitative estimate of drug-likeness (QED) is 0.757. The lowest BCUT2D eigenvalue weighted by Crippen LogP contribution is -2.26. The van der Waals surface area contributed by atoms with Crippen molar-refractivity contribution in [3.05, 3.63) is 11.6 Å². The Balaban J connectivity index is 2.73. The average molecular weight is 297 g/mol. The van der Waals surface area contributed by atoms with Gasteiger partial charge in [-0.05, 0) is 19.4 Å². The van der Waals surface area contributed by atoms with E-state index in [0.29, 0.717) is 11.3 Å². The third-order valence-corrected chi connectivity index (χ3v) is 8.00. The molecule has 0 saturated carbocycles. The Morgan fingerprint density at radius 3 is 2.65 bits per heavy atom. The van der Waals surface area contributed by atoms with Crippen molar-refractivity contribution in [1.82, 2.24) is 0 Å². The molecule has 2 atom stereocenters. The van der Waals surface area contributed by atoms with Gasteiger partial charge in [0.1, 0.15) is 8.42 Å². The zero-order valence-corrected chi connectivity index (χ0v) is 11.3. The van der Waals surface area contributed by atoms with Crippen molar-refractivity contribution in [3.63, 3.8) is 0 Å². The maximum absolute atomic E-state index is 12.0. The van der Waals surface area contributed by atoms with Crippen LogP contribution in [0.15, 0.2) is 14.5 Å². The summed E-state index contributed by atoms with van der Waals surface area (Å²) >= 11 is 0.596. The number of sulfonamides is 1. The summed E-state index contributed by atoms with van der Waals surface area (Å²) in [5, 5.41) is 14.0. The van der Waals surface area contributed by atoms with Gasteiger partial charge in [0.05, 0.1) is 11.4 Å². The normalized spacial score (nSPS) is 27.7. The number of hydrogen-bond donors (Lipinski definition) is 2. The number of fused-ring (bicyclic) bond motifs is 1. The highest BCUT2D eigenvalue weighted by atomic mass is 32.3. The van der Waals surface area contributed by atoms with E-state index in [1.54, 1.807) is 0 Å². The van der Waals surface area contributed by atoms with Gasteiger partial charge in [-0.15, -0.1) is 11.3 Å². The van der Waals surface area contributed by atoms with Crippen molar-refractivity contribution in [3.8, 4) is 0 Å². The predicted molar refractivity (Wildman–Crippen MR) is 61.9 cm³/mol. The number of nitrogens with two attached hydrogens (primary N) is 1. The van der Waals surface area contributed by atoms with Gasteiger partial charge in [-0.2, -0.15) is 0 Å². The molecule has 2 heterocycles. The number of hydrogen-bond acceptors (Lipinski definition) is 6. The Bertz CT molecular complexity index is 657.